The van der Waals surface area contributed by atoms with Crippen molar-refractivity contribution in [3.8, 4) is 0 Å². The van der Waals surface area contributed by atoms with Crippen molar-refractivity contribution in [2.45, 2.75) is 18.8 Å². The number of nitrogens with one attached hydrogen (secondary N) is 1. The van der Waals surface area contributed by atoms with Gasteiger partial charge in [0.2, 0.25) is 11.8 Å². The van der Waals surface area contributed by atoms with E-state index in [-0.39, 0.29) is 12.1 Å². The van der Waals surface area contributed by atoms with Crippen LogP contribution in [0.2, 0.25) is 0 Å². The number of rotatable bonds is 4. The SMILES string of the molecule is O=CCc1ccc(NC(=O)C(C(F)(F)F)C(F)(F)F)cc1. The summed E-state index contributed by atoms with van der Waals surface area (Å²) < 4.78 is 73.9. The highest BCUT2D eigenvalue weighted by Crippen LogP contribution is 2.39. The highest BCUT2D eigenvalue weighted by atomic mass is 19.4. The molecule has 0 saturated carbocycles. The fourth-order valence-corrected chi connectivity index (χ4v) is 1.52. The van der Waals surface area contributed by atoms with Crippen molar-refractivity contribution in [1.82, 2.24) is 0 Å². The van der Waals surface area contributed by atoms with Gasteiger partial charge in [0.15, 0.2) is 0 Å². The lowest BCUT2D eigenvalue weighted by atomic mass is 10.1. The van der Waals surface area contributed by atoms with Crippen molar-refractivity contribution < 1.29 is 35.9 Å². The van der Waals surface area contributed by atoms with Crippen LogP contribution < -0.4 is 5.32 Å². The average Bonchev–Trinajstić information content (AvgIpc) is 2.28. The van der Waals surface area contributed by atoms with Crippen LogP contribution in [0.3, 0.4) is 0 Å². The monoisotopic (exact) mass is 313 g/mol. The molecule has 21 heavy (non-hydrogen) atoms. The van der Waals surface area contributed by atoms with E-state index in [0.717, 1.165) is 12.1 Å². The third-order valence-corrected chi connectivity index (χ3v) is 2.46. The molecule has 1 aromatic carbocycles. The van der Waals surface area contributed by atoms with E-state index in [0.29, 0.717) is 11.8 Å². The Morgan fingerprint density at radius 2 is 1.52 bits per heavy atom. The van der Waals surface area contributed by atoms with Crippen LogP contribution in [-0.4, -0.2) is 24.5 Å². The highest BCUT2D eigenvalue weighted by molar-refractivity contribution is 5.93. The lowest BCUT2D eigenvalue weighted by Gasteiger charge is -2.22. The fourth-order valence-electron chi connectivity index (χ4n) is 1.52. The Morgan fingerprint density at radius 1 is 1.05 bits per heavy atom. The van der Waals surface area contributed by atoms with Crippen LogP contribution in [0.15, 0.2) is 24.3 Å². The van der Waals surface area contributed by atoms with Crippen LogP contribution in [-0.2, 0) is 16.0 Å². The minimum absolute atomic E-state index is 0.0436. The minimum Gasteiger partial charge on any atom is -0.325 e. The van der Waals surface area contributed by atoms with Crippen molar-refractivity contribution in [3.05, 3.63) is 29.8 Å². The van der Waals surface area contributed by atoms with E-state index < -0.39 is 24.2 Å². The number of aldehydes is 1. The van der Waals surface area contributed by atoms with Crippen molar-refractivity contribution in [2.24, 2.45) is 5.92 Å². The molecule has 0 spiro atoms. The zero-order valence-electron chi connectivity index (χ0n) is 10.3. The number of carbonyl (C=O) groups is 2. The normalized spacial score (nSPS) is 12.3. The molecule has 0 aliphatic carbocycles. The summed E-state index contributed by atoms with van der Waals surface area (Å²) in [5.74, 6) is -6.31. The van der Waals surface area contributed by atoms with Gasteiger partial charge in [0.1, 0.15) is 6.29 Å². The standard InChI is InChI=1S/C12H9F6NO2/c13-11(14,15)9(12(16,17)18)10(21)19-8-3-1-7(2-4-8)5-6-20/h1-4,6,9H,5H2,(H,19,21). The van der Waals surface area contributed by atoms with E-state index >= 15 is 0 Å². The van der Waals surface area contributed by atoms with Crippen molar-refractivity contribution in [1.29, 1.82) is 0 Å². The van der Waals surface area contributed by atoms with Gasteiger partial charge in [-0.3, -0.25) is 4.79 Å². The van der Waals surface area contributed by atoms with Crippen LogP contribution in [0.5, 0.6) is 0 Å². The third kappa shape index (κ3) is 4.76. The van der Waals surface area contributed by atoms with E-state index in [1.807, 2.05) is 0 Å². The maximum absolute atomic E-state index is 12.3. The Labute approximate surface area is 114 Å². The Kier molecular flexibility index (Phi) is 4.97. The number of anilines is 1. The summed E-state index contributed by atoms with van der Waals surface area (Å²) in [6.45, 7) is 0. The first kappa shape index (κ1) is 17.0. The molecule has 0 aliphatic rings. The molecule has 0 fully saturated rings. The Balaban J connectivity index is 2.89. The molecule has 0 bridgehead atoms. The molecule has 0 radical (unpaired) electrons. The summed E-state index contributed by atoms with van der Waals surface area (Å²) in [6, 6.07) is 4.83. The predicted molar refractivity (Wildman–Crippen MR) is 60.4 cm³/mol. The smallest absolute Gasteiger partial charge is 0.325 e. The van der Waals surface area contributed by atoms with Gasteiger partial charge in [0, 0.05) is 12.1 Å². The van der Waals surface area contributed by atoms with Crippen LogP contribution in [0.4, 0.5) is 32.0 Å². The van der Waals surface area contributed by atoms with Crippen LogP contribution in [0.25, 0.3) is 0 Å². The summed E-state index contributed by atoms with van der Waals surface area (Å²) in [4.78, 5) is 21.4. The molecule has 1 rings (SSSR count). The van der Waals surface area contributed by atoms with E-state index in [9.17, 15) is 35.9 Å². The highest BCUT2D eigenvalue weighted by Gasteiger charge is 2.61. The van der Waals surface area contributed by atoms with Crippen LogP contribution in [0, 0.1) is 5.92 Å². The number of carbonyl (C=O) groups excluding carboxylic acids is 2. The third-order valence-electron chi connectivity index (χ3n) is 2.46. The van der Waals surface area contributed by atoms with Crippen molar-refractivity contribution >= 4 is 17.9 Å². The first-order valence-corrected chi connectivity index (χ1v) is 5.52. The first-order chi connectivity index (χ1) is 9.55. The molecule has 0 saturated heterocycles. The van der Waals surface area contributed by atoms with E-state index in [2.05, 4.69) is 0 Å². The molecule has 1 N–H and O–H groups in total. The van der Waals surface area contributed by atoms with Gasteiger partial charge in [-0.15, -0.1) is 0 Å². The zero-order valence-corrected chi connectivity index (χ0v) is 10.3. The Bertz CT molecular complexity index is 492. The zero-order chi connectivity index (χ0) is 16.3. The number of amides is 1. The van der Waals surface area contributed by atoms with E-state index in [4.69, 9.17) is 0 Å². The van der Waals surface area contributed by atoms with Gasteiger partial charge in [-0.05, 0) is 17.7 Å². The van der Waals surface area contributed by atoms with Gasteiger partial charge in [-0.25, -0.2) is 0 Å². The average molecular weight is 313 g/mol. The van der Waals surface area contributed by atoms with Crippen molar-refractivity contribution in [3.63, 3.8) is 0 Å². The summed E-state index contributed by atoms with van der Waals surface area (Å²) in [7, 11) is 0. The molecule has 0 aliphatic heterocycles. The summed E-state index contributed by atoms with van der Waals surface area (Å²) in [6.07, 6.45) is -10.8. The van der Waals surface area contributed by atoms with Gasteiger partial charge in [-0.1, -0.05) is 12.1 Å². The second kappa shape index (κ2) is 6.15. The molecule has 9 heteroatoms. The number of halogens is 6. The molecule has 1 amide bonds. The molecule has 1 aromatic rings. The Morgan fingerprint density at radius 3 is 1.90 bits per heavy atom. The minimum atomic E-state index is -5.74. The molecule has 0 atom stereocenters. The summed E-state index contributed by atoms with van der Waals surface area (Å²) in [5, 5.41) is 1.56. The van der Waals surface area contributed by atoms with E-state index in [1.165, 1.54) is 12.1 Å². The number of benzene rings is 1. The molecular weight excluding hydrogens is 304 g/mol. The largest absolute Gasteiger partial charge is 0.409 e. The van der Waals surface area contributed by atoms with E-state index in [1.54, 1.807) is 5.32 Å². The van der Waals surface area contributed by atoms with Crippen LogP contribution in [0.1, 0.15) is 5.56 Å². The maximum atomic E-state index is 12.3. The van der Waals surface area contributed by atoms with Gasteiger partial charge < -0.3 is 10.1 Å². The van der Waals surface area contributed by atoms with Gasteiger partial charge in [0.25, 0.3) is 0 Å². The number of alkyl halides is 6. The van der Waals surface area contributed by atoms with Gasteiger partial charge in [0.05, 0.1) is 0 Å². The van der Waals surface area contributed by atoms with Crippen LogP contribution >= 0.6 is 0 Å². The summed E-state index contributed by atoms with van der Waals surface area (Å²) in [5.41, 5.74) is 0.277. The molecule has 116 valence electrons. The topological polar surface area (TPSA) is 46.2 Å². The molecule has 0 aromatic heterocycles. The summed E-state index contributed by atoms with van der Waals surface area (Å²) >= 11 is 0. The first-order valence-electron chi connectivity index (χ1n) is 5.52. The fraction of sp³-hybridized carbons (Fsp3) is 0.333. The lowest BCUT2D eigenvalue weighted by Crippen LogP contribution is -2.45. The predicted octanol–water partition coefficient (Wildman–Crippen LogP) is 3.11. The lowest BCUT2D eigenvalue weighted by molar-refractivity contribution is -0.272. The van der Waals surface area contributed by atoms with Gasteiger partial charge >= 0.3 is 12.4 Å². The molecule has 0 heterocycles. The van der Waals surface area contributed by atoms with Crippen molar-refractivity contribution in [2.75, 3.05) is 5.32 Å². The second-order valence-corrected chi connectivity index (χ2v) is 4.07. The maximum Gasteiger partial charge on any atom is 0.409 e. The quantitative estimate of drug-likeness (QED) is 0.686. The Hall–Kier alpha value is -2.06. The number of hydrogen-bond acceptors (Lipinski definition) is 2. The molecule has 3 nitrogen and oxygen atoms in total. The van der Waals surface area contributed by atoms with Gasteiger partial charge in [-0.2, -0.15) is 26.3 Å². The second-order valence-electron chi connectivity index (χ2n) is 4.07. The molecular formula is C12H9F6NO2. The molecule has 0 unspecified atom stereocenters. The number of hydrogen-bond donors (Lipinski definition) is 1.